The van der Waals surface area contributed by atoms with Crippen molar-refractivity contribution in [1.29, 1.82) is 0 Å². The molecule has 1 rings (SSSR count). The van der Waals surface area contributed by atoms with E-state index >= 15 is 0 Å². The number of aliphatic hydroxyl groups is 1. The summed E-state index contributed by atoms with van der Waals surface area (Å²) in [6, 6.07) is 7.99. The third-order valence-corrected chi connectivity index (χ3v) is 2.44. The maximum atomic E-state index is 9.49. The van der Waals surface area contributed by atoms with Gasteiger partial charge in [0, 0.05) is 20.2 Å². The highest BCUT2D eigenvalue weighted by Gasteiger charge is 2.02. The third kappa shape index (κ3) is 6.00. The quantitative estimate of drug-likeness (QED) is 0.701. The van der Waals surface area contributed by atoms with E-state index in [1.807, 2.05) is 24.3 Å². The van der Waals surface area contributed by atoms with Crippen LogP contribution in [0.25, 0.3) is 0 Å². The van der Waals surface area contributed by atoms with Gasteiger partial charge in [0.25, 0.3) is 0 Å². The van der Waals surface area contributed by atoms with Gasteiger partial charge in [-0.05, 0) is 24.1 Å². The monoisotopic (exact) mass is 253 g/mol. The predicted octanol–water partition coefficient (Wildman–Crippen LogP) is 1.57. The lowest BCUT2D eigenvalue weighted by Crippen LogP contribution is -2.29. The topological polar surface area (TPSA) is 50.7 Å². The van der Waals surface area contributed by atoms with Gasteiger partial charge in [0.1, 0.15) is 5.75 Å². The zero-order chi connectivity index (χ0) is 13.2. The summed E-state index contributed by atoms with van der Waals surface area (Å²) in [7, 11) is 1.58. The van der Waals surface area contributed by atoms with Gasteiger partial charge in [0.05, 0.1) is 19.3 Å². The van der Waals surface area contributed by atoms with Crippen LogP contribution in [0.1, 0.15) is 18.9 Å². The summed E-state index contributed by atoms with van der Waals surface area (Å²) in [4.78, 5) is 0. The van der Waals surface area contributed by atoms with Crippen LogP contribution < -0.4 is 10.1 Å². The van der Waals surface area contributed by atoms with Crippen LogP contribution in [-0.4, -0.2) is 38.1 Å². The molecule has 4 nitrogen and oxygen atoms in total. The van der Waals surface area contributed by atoms with Gasteiger partial charge in [-0.2, -0.15) is 0 Å². The molecule has 18 heavy (non-hydrogen) atoms. The minimum absolute atomic E-state index is 0.354. The highest BCUT2D eigenvalue weighted by atomic mass is 16.5. The molecule has 0 amide bonds. The highest BCUT2D eigenvalue weighted by Crippen LogP contribution is 2.13. The van der Waals surface area contributed by atoms with Crippen molar-refractivity contribution < 1.29 is 14.6 Å². The lowest BCUT2D eigenvalue weighted by atomic mass is 10.2. The first-order valence-electron chi connectivity index (χ1n) is 6.35. The summed E-state index contributed by atoms with van der Waals surface area (Å²) in [5.74, 6) is 0.897. The molecule has 0 fully saturated rings. The van der Waals surface area contributed by atoms with E-state index < -0.39 is 6.10 Å². The molecule has 1 aromatic carbocycles. The van der Waals surface area contributed by atoms with Crippen molar-refractivity contribution in [2.45, 2.75) is 26.0 Å². The van der Waals surface area contributed by atoms with Crippen LogP contribution >= 0.6 is 0 Å². The molecule has 0 aliphatic carbocycles. The van der Waals surface area contributed by atoms with E-state index in [0.717, 1.165) is 24.3 Å². The Morgan fingerprint density at radius 2 is 2.22 bits per heavy atom. The standard InChI is InChI=1S/C14H23NO3/c1-3-7-18-14-6-4-5-12(8-14)9-15-10-13(16)11-17-2/h4-6,8,13,15-16H,3,7,9-11H2,1-2H3. The Bertz CT molecular complexity index is 331. The minimum Gasteiger partial charge on any atom is -0.494 e. The van der Waals surface area contributed by atoms with E-state index in [1.165, 1.54) is 0 Å². The molecule has 1 atom stereocenters. The zero-order valence-corrected chi connectivity index (χ0v) is 11.2. The Balaban J connectivity index is 2.33. The summed E-state index contributed by atoms with van der Waals surface area (Å²) >= 11 is 0. The van der Waals surface area contributed by atoms with Crippen molar-refractivity contribution in [3.05, 3.63) is 29.8 Å². The van der Waals surface area contributed by atoms with Crippen LogP contribution in [0.5, 0.6) is 5.75 Å². The van der Waals surface area contributed by atoms with E-state index in [-0.39, 0.29) is 0 Å². The molecule has 0 aliphatic rings. The first kappa shape index (κ1) is 15.0. The van der Waals surface area contributed by atoms with E-state index in [0.29, 0.717) is 19.7 Å². The molecule has 0 aromatic heterocycles. The van der Waals surface area contributed by atoms with Crippen LogP contribution in [0.3, 0.4) is 0 Å². The Morgan fingerprint density at radius 1 is 1.39 bits per heavy atom. The molecule has 102 valence electrons. The zero-order valence-electron chi connectivity index (χ0n) is 11.2. The smallest absolute Gasteiger partial charge is 0.119 e. The molecule has 0 heterocycles. The van der Waals surface area contributed by atoms with Crippen LogP contribution in [-0.2, 0) is 11.3 Å². The van der Waals surface area contributed by atoms with Crippen LogP contribution in [0, 0.1) is 0 Å². The first-order valence-corrected chi connectivity index (χ1v) is 6.35. The second-order valence-electron chi connectivity index (χ2n) is 4.24. The average molecular weight is 253 g/mol. The van der Waals surface area contributed by atoms with Crippen molar-refractivity contribution in [2.24, 2.45) is 0 Å². The van der Waals surface area contributed by atoms with Crippen molar-refractivity contribution in [3.8, 4) is 5.75 Å². The molecule has 0 aliphatic heterocycles. The summed E-state index contributed by atoms with van der Waals surface area (Å²) in [5, 5.41) is 12.7. The van der Waals surface area contributed by atoms with E-state index in [2.05, 4.69) is 12.2 Å². The predicted molar refractivity (Wildman–Crippen MR) is 71.8 cm³/mol. The van der Waals surface area contributed by atoms with Crippen LogP contribution in [0.15, 0.2) is 24.3 Å². The average Bonchev–Trinajstić information content (AvgIpc) is 2.37. The number of aliphatic hydroxyl groups excluding tert-OH is 1. The van der Waals surface area contributed by atoms with Gasteiger partial charge in [-0.1, -0.05) is 19.1 Å². The second kappa shape index (κ2) is 8.91. The van der Waals surface area contributed by atoms with E-state index in [4.69, 9.17) is 9.47 Å². The minimum atomic E-state index is -0.463. The van der Waals surface area contributed by atoms with Crippen molar-refractivity contribution >= 4 is 0 Å². The van der Waals surface area contributed by atoms with Crippen molar-refractivity contribution in [2.75, 3.05) is 26.9 Å². The lowest BCUT2D eigenvalue weighted by Gasteiger charge is -2.11. The molecule has 0 spiro atoms. The second-order valence-corrected chi connectivity index (χ2v) is 4.24. The summed E-state index contributed by atoms with van der Waals surface area (Å²) < 4.78 is 10.4. The van der Waals surface area contributed by atoms with Crippen LogP contribution in [0.2, 0.25) is 0 Å². The van der Waals surface area contributed by atoms with Gasteiger partial charge in [0.2, 0.25) is 0 Å². The SMILES string of the molecule is CCCOc1cccc(CNCC(O)COC)c1. The Kier molecular flexibility index (Phi) is 7.41. The maximum absolute atomic E-state index is 9.49. The lowest BCUT2D eigenvalue weighted by molar-refractivity contribution is 0.0644. The fraction of sp³-hybridized carbons (Fsp3) is 0.571. The Labute approximate surface area is 109 Å². The van der Waals surface area contributed by atoms with Crippen molar-refractivity contribution in [1.82, 2.24) is 5.32 Å². The first-order chi connectivity index (χ1) is 8.76. The fourth-order valence-electron chi connectivity index (χ4n) is 1.60. The third-order valence-electron chi connectivity index (χ3n) is 2.44. The van der Waals surface area contributed by atoms with E-state index in [9.17, 15) is 5.11 Å². The largest absolute Gasteiger partial charge is 0.494 e. The number of hydrogen-bond donors (Lipinski definition) is 2. The molecular formula is C14H23NO3. The molecular weight excluding hydrogens is 230 g/mol. The number of hydrogen-bond acceptors (Lipinski definition) is 4. The fourth-order valence-corrected chi connectivity index (χ4v) is 1.60. The van der Waals surface area contributed by atoms with Gasteiger partial charge in [-0.3, -0.25) is 0 Å². The molecule has 4 heteroatoms. The Hall–Kier alpha value is -1.10. The number of rotatable bonds is 9. The van der Waals surface area contributed by atoms with Crippen molar-refractivity contribution in [3.63, 3.8) is 0 Å². The molecule has 0 saturated carbocycles. The molecule has 0 bridgehead atoms. The summed E-state index contributed by atoms with van der Waals surface area (Å²) in [6.07, 6.45) is 0.542. The van der Waals surface area contributed by atoms with Gasteiger partial charge in [-0.15, -0.1) is 0 Å². The van der Waals surface area contributed by atoms with Gasteiger partial charge < -0.3 is 19.9 Å². The maximum Gasteiger partial charge on any atom is 0.119 e. The van der Waals surface area contributed by atoms with Gasteiger partial charge in [-0.25, -0.2) is 0 Å². The number of benzene rings is 1. The number of methoxy groups -OCH3 is 1. The van der Waals surface area contributed by atoms with Crippen LogP contribution in [0.4, 0.5) is 0 Å². The normalized spacial score (nSPS) is 12.4. The summed E-state index contributed by atoms with van der Waals surface area (Å²) in [5.41, 5.74) is 1.15. The van der Waals surface area contributed by atoms with Gasteiger partial charge >= 0.3 is 0 Å². The molecule has 0 radical (unpaired) electrons. The molecule has 2 N–H and O–H groups in total. The molecule has 1 aromatic rings. The highest BCUT2D eigenvalue weighted by molar-refractivity contribution is 5.28. The Morgan fingerprint density at radius 3 is 2.94 bits per heavy atom. The van der Waals surface area contributed by atoms with E-state index in [1.54, 1.807) is 7.11 Å². The van der Waals surface area contributed by atoms with Gasteiger partial charge in [0.15, 0.2) is 0 Å². The molecule has 1 unspecified atom stereocenters. The molecule has 0 saturated heterocycles. The number of nitrogens with one attached hydrogen (secondary N) is 1. The number of ether oxygens (including phenoxy) is 2. The summed E-state index contributed by atoms with van der Waals surface area (Å²) in [6.45, 7) is 4.41.